The van der Waals surface area contributed by atoms with Crippen LogP contribution in [0, 0.1) is 83.7 Å². The van der Waals surface area contributed by atoms with Crippen LogP contribution in [0.2, 0.25) is 0 Å². The lowest BCUT2D eigenvalue weighted by molar-refractivity contribution is -0.209. The second-order valence-corrected chi connectivity index (χ2v) is 31.0. The van der Waals surface area contributed by atoms with Crippen molar-refractivity contribution in [2.75, 3.05) is 0 Å². The predicted octanol–water partition coefficient (Wildman–Crippen LogP) is 13.1. The summed E-state index contributed by atoms with van der Waals surface area (Å²) in [4.78, 5) is 31.6. The number of esters is 2. The predicted molar refractivity (Wildman–Crippen MR) is 263 cm³/mol. The summed E-state index contributed by atoms with van der Waals surface area (Å²) in [6, 6.07) is 5.22. The summed E-state index contributed by atoms with van der Waals surface area (Å²) < 4.78 is 14.3. The van der Waals surface area contributed by atoms with Gasteiger partial charge in [0.15, 0.2) is 11.5 Å². The molecule has 0 amide bonds. The molecule has 14 unspecified atom stereocenters. The highest BCUT2D eigenvalue weighted by Crippen LogP contribution is 2.81. The maximum Gasteiger partial charge on any atom is 0.312 e. The molecule has 1 aromatic rings. The number of hydrogen-bond donors (Lipinski definition) is 4. The Bertz CT molecular complexity index is 2230. The van der Waals surface area contributed by atoms with Gasteiger partial charge in [-0.1, -0.05) is 103 Å². The Morgan fingerprint density at radius 1 is 0.672 bits per heavy atom. The van der Waals surface area contributed by atoms with E-state index in [4.69, 9.17) is 9.47 Å². The lowest BCUT2D eigenvalue weighted by atomic mass is 9.44. The van der Waals surface area contributed by atoms with Gasteiger partial charge in [-0.25, -0.2) is 0 Å². The maximum absolute atomic E-state index is 16.2. The number of phenols is 2. The number of aromatic hydroxyl groups is 2. The fourth-order valence-electron chi connectivity index (χ4n) is 18.7. The summed E-state index contributed by atoms with van der Waals surface area (Å²) in [6.45, 7) is 37.9. The van der Waals surface area contributed by atoms with Gasteiger partial charge >= 0.3 is 11.9 Å². The maximum atomic E-state index is 16.2. The lowest BCUT2D eigenvalue weighted by Crippen LogP contribution is -2.59. The largest absolute Gasteiger partial charge is 0.504 e. The lowest BCUT2D eigenvalue weighted by Gasteiger charge is -2.60. The monoisotopic (exact) mass is 929 g/mol. The van der Waals surface area contributed by atoms with Crippen molar-refractivity contribution >= 4 is 11.9 Å². The van der Waals surface area contributed by atoms with Gasteiger partial charge in [-0.2, -0.15) is 0 Å². The van der Waals surface area contributed by atoms with Gasteiger partial charge in [-0.3, -0.25) is 9.59 Å². The average Bonchev–Trinajstić information content (AvgIpc) is 3.59. The van der Waals surface area contributed by atoms with Gasteiger partial charge in [0.25, 0.3) is 0 Å². The van der Waals surface area contributed by atoms with Crippen LogP contribution >= 0.6 is 0 Å². The number of hydrogen-bond acceptors (Lipinski definition) is 8. The quantitative estimate of drug-likeness (QED) is 0.107. The third-order valence-corrected chi connectivity index (χ3v) is 24.2. The summed E-state index contributed by atoms with van der Waals surface area (Å²) in [5.74, 6) is 1.88. The van der Waals surface area contributed by atoms with Crippen molar-refractivity contribution in [2.24, 2.45) is 83.7 Å². The molecule has 8 saturated carbocycles. The topological polar surface area (TPSA) is 134 Å². The van der Waals surface area contributed by atoms with E-state index < -0.39 is 65.7 Å². The number of carbonyl (C=O) groups is 2. The molecule has 8 aliphatic rings. The van der Waals surface area contributed by atoms with Gasteiger partial charge in [-0.15, -0.1) is 0 Å². The smallest absolute Gasteiger partial charge is 0.312 e. The van der Waals surface area contributed by atoms with Gasteiger partial charge in [0.1, 0.15) is 11.2 Å². The van der Waals surface area contributed by atoms with Crippen LogP contribution in [0.25, 0.3) is 0 Å². The van der Waals surface area contributed by atoms with Gasteiger partial charge in [-0.05, 0) is 183 Å². The molecule has 8 heteroatoms. The zero-order valence-corrected chi connectivity index (χ0v) is 45.0. The molecule has 2 spiro atoms. The molecule has 6 bridgehead atoms. The molecule has 4 N–H and O–H groups in total. The van der Waals surface area contributed by atoms with Crippen molar-refractivity contribution in [3.8, 4) is 11.5 Å². The Balaban J connectivity index is 1.09. The van der Waals surface area contributed by atoms with Gasteiger partial charge < -0.3 is 29.9 Å². The summed E-state index contributed by atoms with van der Waals surface area (Å²) in [5, 5.41) is 45.2. The Morgan fingerprint density at radius 3 is 1.90 bits per heavy atom. The highest BCUT2D eigenvalue weighted by atomic mass is 16.6. The Kier molecular flexibility index (Phi) is 10.4. The van der Waals surface area contributed by atoms with E-state index in [1.165, 1.54) is 32.1 Å². The first-order valence-corrected chi connectivity index (χ1v) is 26.6. The standard InChI is InChI=1S/C59H92O8/c1-46(2,3)28-40(36-18-19-41(60)42(61)22-36)50(11,12)48(7,8)29-53(16,45(63)67-56-25-39-27-59(65)33-55(64,31-56)32-58(39,59)34-56)51(13,14)49(9,10)30-52(15,47(4,5)6)44(62)66-54(17)38-21-35-20-37-23-43(54)57(37,24-35)26-38/h18-19,22,35,37-40,43,60-61,64-65H,20-21,23-34H2,1-17H3. The Hall–Kier alpha value is -2.32. The van der Waals surface area contributed by atoms with Crippen molar-refractivity contribution in [1.29, 1.82) is 0 Å². The van der Waals surface area contributed by atoms with Crippen molar-refractivity contribution in [1.82, 2.24) is 0 Å². The number of fused-ring (bicyclic) bond motifs is 4. The number of rotatable bonds is 14. The highest BCUT2D eigenvalue weighted by molar-refractivity contribution is 5.80. The number of ether oxygens (including phenoxy) is 2. The van der Waals surface area contributed by atoms with Gasteiger partial charge in [0.2, 0.25) is 0 Å². The minimum atomic E-state index is -1.12. The molecule has 67 heavy (non-hydrogen) atoms. The van der Waals surface area contributed by atoms with Crippen LogP contribution in [-0.2, 0) is 19.1 Å². The van der Waals surface area contributed by atoms with E-state index >= 15 is 9.59 Å². The van der Waals surface area contributed by atoms with E-state index in [0.29, 0.717) is 68.6 Å². The molecule has 9 rings (SSSR count). The SMILES string of the molecule is CC(C)(C)CC(c1ccc(O)c(O)c1)C(C)(C)C(C)(C)CC(C)(C(=O)OC12CC3CC4(O)CC(O)(C1)CC34C2)C(C)(C)C(C)(C)CC(C)(C(=O)OC1(C)C2CC3CC4CC1C4(C3)C2)C(C)(C)C. The molecule has 8 aliphatic carbocycles. The third kappa shape index (κ3) is 6.66. The normalized spacial score (nSPS) is 40.6. The van der Waals surface area contributed by atoms with Crippen LogP contribution < -0.4 is 0 Å². The second-order valence-electron chi connectivity index (χ2n) is 31.0. The molecule has 0 heterocycles. The number of aliphatic hydroxyl groups is 2. The van der Waals surface area contributed by atoms with E-state index in [9.17, 15) is 20.4 Å². The van der Waals surface area contributed by atoms with E-state index in [2.05, 4.69) is 118 Å². The van der Waals surface area contributed by atoms with E-state index in [-0.39, 0.29) is 40.7 Å². The highest BCUT2D eigenvalue weighted by Gasteiger charge is 2.83. The molecule has 14 atom stereocenters. The Labute approximate surface area is 404 Å². The average molecular weight is 929 g/mol. The molecule has 1 aromatic carbocycles. The van der Waals surface area contributed by atoms with Gasteiger partial charge in [0, 0.05) is 24.2 Å². The molecular formula is C59H92O8. The molecule has 0 radical (unpaired) electrons. The first-order chi connectivity index (χ1) is 30.2. The Morgan fingerprint density at radius 2 is 1.28 bits per heavy atom. The minimum absolute atomic E-state index is 0.0643. The van der Waals surface area contributed by atoms with E-state index in [0.717, 1.165) is 23.8 Å². The molecule has 376 valence electrons. The van der Waals surface area contributed by atoms with Crippen molar-refractivity contribution < 1.29 is 39.5 Å². The minimum Gasteiger partial charge on any atom is -0.504 e. The number of benzene rings is 1. The van der Waals surface area contributed by atoms with Crippen LogP contribution in [0.5, 0.6) is 11.5 Å². The summed E-state index contributed by atoms with van der Waals surface area (Å²) in [5.41, 5.74) is -7.40. The zero-order valence-electron chi connectivity index (χ0n) is 45.0. The van der Waals surface area contributed by atoms with E-state index in [1.807, 2.05) is 6.07 Å². The first-order valence-electron chi connectivity index (χ1n) is 26.6. The summed E-state index contributed by atoms with van der Waals surface area (Å²) in [6.07, 6.45) is 11.1. The van der Waals surface area contributed by atoms with Crippen molar-refractivity contribution in [3.63, 3.8) is 0 Å². The van der Waals surface area contributed by atoms with Crippen LogP contribution in [0.3, 0.4) is 0 Å². The summed E-state index contributed by atoms with van der Waals surface area (Å²) >= 11 is 0. The number of carbonyl (C=O) groups excluding carboxylic acids is 2. The summed E-state index contributed by atoms with van der Waals surface area (Å²) in [7, 11) is 0. The van der Waals surface area contributed by atoms with Crippen molar-refractivity contribution in [2.45, 2.75) is 236 Å². The molecule has 0 aromatic heterocycles. The van der Waals surface area contributed by atoms with Crippen molar-refractivity contribution in [3.05, 3.63) is 23.8 Å². The third-order valence-electron chi connectivity index (χ3n) is 24.2. The van der Waals surface area contributed by atoms with Gasteiger partial charge in [0.05, 0.1) is 22.0 Å². The van der Waals surface area contributed by atoms with Crippen LogP contribution in [-0.4, -0.2) is 54.8 Å². The second kappa shape index (κ2) is 14.0. The molecule has 0 saturated heterocycles. The number of phenolic OH excluding ortho intramolecular Hbond substituents is 2. The fourth-order valence-corrected chi connectivity index (χ4v) is 18.7. The van der Waals surface area contributed by atoms with Crippen LogP contribution in [0.1, 0.15) is 219 Å². The van der Waals surface area contributed by atoms with E-state index in [1.54, 1.807) is 12.1 Å². The fraction of sp³-hybridized carbons (Fsp3) is 0.864. The van der Waals surface area contributed by atoms with Crippen LogP contribution in [0.15, 0.2) is 18.2 Å². The first kappa shape index (κ1) is 49.7. The molecule has 0 aliphatic heterocycles. The van der Waals surface area contributed by atoms with Crippen LogP contribution in [0.4, 0.5) is 0 Å². The molecule has 8 fully saturated rings. The molecular weight excluding hydrogens is 837 g/mol. The zero-order chi connectivity index (χ0) is 49.8. The molecule has 8 nitrogen and oxygen atoms in total.